The molecule has 0 atom stereocenters. The molecule has 0 fully saturated rings. The quantitative estimate of drug-likeness (QED) is 0.775. The van der Waals surface area contributed by atoms with E-state index in [1.54, 1.807) is 0 Å². The molecule has 3 N–H and O–H groups in total. The van der Waals surface area contributed by atoms with E-state index >= 15 is 0 Å². The first-order chi connectivity index (χ1) is 9.70. The van der Waals surface area contributed by atoms with Crippen LogP contribution in [0.5, 0.6) is 0 Å². The van der Waals surface area contributed by atoms with Gasteiger partial charge in [-0.3, -0.25) is 4.72 Å². The number of halogens is 4. The topological polar surface area (TPSA) is 72.2 Å². The second-order valence-electron chi connectivity index (χ2n) is 4.03. The number of nitrogen functional groups attached to an aromatic ring is 1. The largest absolute Gasteiger partial charge is 0.398 e. The number of rotatable bonds is 3. The third kappa shape index (κ3) is 3.45. The third-order valence-corrected chi connectivity index (χ3v) is 4.61. The minimum absolute atomic E-state index is 0.0928. The van der Waals surface area contributed by atoms with E-state index in [9.17, 15) is 17.2 Å². The standard InChI is InChI=1S/C12H8BrClF2N2O2S/c13-6-3-8(15)12(9(16)4-6)18-21(19,20)11-5-7(14)1-2-10(11)17/h1-5,18H,17H2. The molecule has 0 heterocycles. The average Bonchev–Trinajstić information content (AvgIpc) is 2.36. The highest BCUT2D eigenvalue weighted by molar-refractivity contribution is 9.10. The number of nitrogens with two attached hydrogens (primary N) is 1. The molecule has 0 unspecified atom stereocenters. The zero-order valence-electron chi connectivity index (χ0n) is 10.2. The van der Waals surface area contributed by atoms with Gasteiger partial charge in [-0.05, 0) is 30.3 Å². The highest BCUT2D eigenvalue weighted by Gasteiger charge is 2.22. The highest BCUT2D eigenvalue weighted by Crippen LogP contribution is 2.29. The van der Waals surface area contributed by atoms with Crippen molar-refractivity contribution in [1.29, 1.82) is 0 Å². The number of hydrogen-bond donors (Lipinski definition) is 2. The predicted octanol–water partition coefficient (Wildman–Crippen LogP) is 3.76. The summed E-state index contributed by atoms with van der Waals surface area (Å²) in [6.07, 6.45) is 0. The van der Waals surface area contributed by atoms with Gasteiger partial charge in [-0.25, -0.2) is 17.2 Å². The predicted molar refractivity (Wildman–Crippen MR) is 80.7 cm³/mol. The fourth-order valence-corrected chi connectivity index (χ4v) is 3.44. The number of hydrogen-bond acceptors (Lipinski definition) is 3. The van der Waals surface area contributed by atoms with Crippen LogP contribution < -0.4 is 10.5 Å². The molecular weight excluding hydrogens is 390 g/mol. The summed E-state index contributed by atoms with van der Waals surface area (Å²) in [5.41, 5.74) is 4.67. The molecule has 0 spiro atoms. The van der Waals surface area contributed by atoms with Crippen molar-refractivity contribution in [3.05, 3.63) is 51.5 Å². The molecule has 21 heavy (non-hydrogen) atoms. The highest BCUT2D eigenvalue weighted by atomic mass is 79.9. The number of sulfonamides is 1. The molecule has 9 heteroatoms. The van der Waals surface area contributed by atoms with Gasteiger partial charge in [0.05, 0.1) is 5.69 Å². The maximum Gasteiger partial charge on any atom is 0.264 e. The smallest absolute Gasteiger partial charge is 0.264 e. The normalized spacial score (nSPS) is 11.4. The van der Waals surface area contributed by atoms with Crippen LogP contribution in [-0.4, -0.2) is 8.42 Å². The molecule has 0 amide bonds. The van der Waals surface area contributed by atoms with Gasteiger partial charge in [0.25, 0.3) is 10.0 Å². The molecule has 0 aliphatic carbocycles. The molecule has 0 bridgehead atoms. The lowest BCUT2D eigenvalue weighted by Crippen LogP contribution is -2.16. The van der Waals surface area contributed by atoms with Crippen LogP contribution in [0.25, 0.3) is 0 Å². The first-order valence-corrected chi connectivity index (χ1v) is 8.08. The number of anilines is 2. The first kappa shape index (κ1) is 16.0. The summed E-state index contributed by atoms with van der Waals surface area (Å²) in [6.45, 7) is 0. The molecule has 0 saturated carbocycles. The van der Waals surface area contributed by atoms with E-state index in [2.05, 4.69) is 15.9 Å². The lowest BCUT2D eigenvalue weighted by Gasteiger charge is -2.12. The van der Waals surface area contributed by atoms with E-state index in [0.717, 1.165) is 18.2 Å². The van der Waals surface area contributed by atoms with E-state index in [1.807, 2.05) is 4.72 Å². The van der Waals surface area contributed by atoms with Crippen LogP contribution in [0.1, 0.15) is 0 Å². The fourth-order valence-electron chi connectivity index (χ4n) is 1.57. The summed E-state index contributed by atoms with van der Waals surface area (Å²) in [4.78, 5) is -0.364. The van der Waals surface area contributed by atoms with Crippen molar-refractivity contribution in [2.24, 2.45) is 0 Å². The minimum atomic E-state index is -4.28. The lowest BCUT2D eigenvalue weighted by atomic mass is 10.3. The van der Waals surface area contributed by atoms with Crippen LogP contribution in [0.15, 0.2) is 39.7 Å². The van der Waals surface area contributed by atoms with Gasteiger partial charge in [-0.15, -0.1) is 0 Å². The zero-order chi connectivity index (χ0) is 15.8. The van der Waals surface area contributed by atoms with Crippen molar-refractivity contribution in [3.63, 3.8) is 0 Å². The average molecular weight is 398 g/mol. The Labute approximate surface area is 133 Å². The van der Waals surface area contributed by atoms with Gasteiger partial charge in [-0.2, -0.15) is 0 Å². The Morgan fingerprint density at radius 1 is 1.14 bits per heavy atom. The summed E-state index contributed by atoms with van der Waals surface area (Å²) in [5, 5.41) is 0.126. The Hall–Kier alpha value is -1.38. The van der Waals surface area contributed by atoms with Gasteiger partial charge >= 0.3 is 0 Å². The van der Waals surface area contributed by atoms with Crippen molar-refractivity contribution < 1.29 is 17.2 Å². The lowest BCUT2D eigenvalue weighted by molar-refractivity contribution is 0.582. The maximum atomic E-state index is 13.7. The Morgan fingerprint density at radius 2 is 1.71 bits per heavy atom. The van der Waals surface area contributed by atoms with Gasteiger partial charge < -0.3 is 5.73 Å². The molecule has 0 aliphatic heterocycles. The molecule has 0 radical (unpaired) electrons. The first-order valence-electron chi connectivity index (χ1n) is 5.43. The van der Waals surface area contributed by atoms with Gasteiger partial charge in [0.2, 0.25) is 0 Å². The molecular formula is C12H8BrClF2N2O2S. The van der Waals surface area contributed by atoms with E-state index in [1.165, 1.54) is 12.1 Å². The molecule has 4 nitrogen and oxygen atoms in total. The van der Waals surface area contributed by atoms with Crippen LogP contribution in [0.3, 0.4) is 0 Å². The van der Waals surface area contributed by atoms with Gasteiger partial charge in [-0.1, -0.05) is 27.5 Å². The second kappa shape index (κ2) is 5.78. The maximum absolute atomic E-state index is 13.7. The van der Waals surface area contributed by atoms with Crippen molar-refractivity contribution in [2.45, 2.75) is 4.90 Å². The van der Waals surface area contributed by atoms with Crippen molar-refractivity contribution >= 4 is 48.9 Å². The SMILES string of the molecule is Nc1ccc(Cl)cc1S(=O)(=O)Nc1c(F)cc(Br)cc1F. The van der Waals surface area contributed by atoms with Gasteiger partial charge in [0, 0.05) is 9.50 Å². The van der Waals surface area contributed by atoms with Crippen LogP contribution in [-0.2, 0) is 10.0 Å². The molecule has 2 rings (SSSR count). The van der Waals surface area contributed by atoms with Crippen molar-refractivity contribution in [2.75, 3.05) is 10.5 Å². The second-order valence-corrected chi connectivity index (χ2v) is 7.04. The Balaban J connectivity index is 2.50. The molecule has 2 aromatic carbocycles. The summed E-state index contributed by atoms with van der Waals surface area (Å²) in [7, 11) is -4.28. The molecule has 112 valence electrons. The van der Waals surface area contributed by atoms with E-state index < -0.39 is 27.3 Å². The number of nitrogens with one attached hydrogen (secondary N) is 1. The molecule has 2 aromatic rings. The van der Waals surface area contributed by atoms with Crippen LogP contribution in [0.2, 0.25) is 5.02 Å². The molecule has 0 saturated heterocycles. The van der Waals surface area contributed by atoms with Crippen molar-refractivity contribution in [3.8, 4) is 0 Å². The summed E-state index contributed by atoms with van der Waals surface area (Å²) < 4.78 is 53.7. The summed E-state index contributed by atoms with van der Waals surface area (Å²) in [5.74, 6) is -2.13. The summed E-state index contributed by atoms with van der Waals surface area (Å²) >= 11 is 8.61. The van der Waals surface area contributed by atoms with E-state index in [0.29, 0.717) is 0 Å². The third-order valence-electron chi connectivity index (χ3n) is 2.51. The van der Waals surface area contributed by atoms with Gasteiger partial charge in [0.1, 0.15) is 10.6 Å². The zero-order valence-corrected chi connectivity index (χ0v) is 13.4. The minimum Gasteiger partial charge on any atom is -0.398 e. The molecule has 0 aromatic heterocycles. The Kier molecular flexibility index (Phi) is 4.40. The summed E-state index contributed by atoms with van der Waals surface area (Å²) in [6, 6.07) is 5.64. The van der Waals surface area contributed by atoms with Crippen molar-refractivity contribution in [1.82, 2.24) is 0 Å². The van der Waals surface area contributed by atoms with E-state index in [-0.39, 0.29) is 20.1 Å². The monoisotopic (exact) mass is 396 g/mol. The van der Waals surface area contributed by atoms with Crippen LogP contribution >= 0.6 is 27.5 Å². The van der Waals surface area contributed by atoms with Crippen LogP contribution in [0.4, 0.5) is 20.2 Å². The Bertz CT molecular complexity index is 792. The fraction of sp³-hybridized carbons (Fsp3) is 0. The number of benzene rings is 2. The van der Waals surface area contributed by atoms with Gasteiger partial charge in [0.15, 0.2) is 11.6 Å². The van der Waals surface area contributed by atoms with Crippen LogP contribution in [0, 0.1) is 11.6 Å². The Morgan fingerprint density at radius 3 is 2.29 bits per heavy atom. The molecule has 0 aliphatic rings. The van der Waals surface area contributed by atoms with E-state index in [4.69, 9.17) is 17.3 Å².